The minimum absolute atomic E-state index is 0.482. The number of aromatic amines is 1. The molecule has 0 aliphatic carbocycles. The van der Waals surface area contributed by atoms with Crippen LogP contribution in [0.2, 0.25) is 0 Å². The Hall–Kier alpha value is -3.67. The summed E-state index contributed by atoms with van der Waals surface area (Å²) >= 11 is 1.76. The summed E-state index contributed by atoms with van der Waals surface area (Å²) in [5.41, 5.74) is 5.27. The Bertz CT molecular complexity index is 1550. The molecule has 0 fully saturated rings. The highest BCUT2D eigenvalue weighted by molar-refractivity contribution is 7.22. The largest absolute Gasteiger partial charge is 0.489 e. The van der Waals surface area contributed by atoms with Crippen molar-refractivity contribution in [3.8, 4) is 16.3 Å². The highest BCUT2D eigenvalue weighted by Gasteiger charge is 2.18. The van der Waals surface area contributed by atoms with Gasteiger partial charge in [0, 0.05) is 33.7 Å². The second-order valence-electron chi connectivity index (χ2n) is 8.06. The summed E-state index contributed by atoms with van der Waals surface area (Å²) in [5, 5.41) is 3.49. The Labute approximate surface area is 195 Å². The van der Waals surface area contributed by atoms with E-state index < -0.39 is 0 Å². The molecule has 0 aliphatic heterocycles. The van der Waals surface area contributed by atoms with Gasteiger partial charge in [0.15, 0.2) is 0 Å². The number of aromatic nitrogens is 2. The van der Waals surface area contributed by atoms with Crippen LogP contribution < -0.4 is 4.74 Å². The topological polar surface area (TPSA) is 47.1 Å². The van der Waals surface area contributed by atoms with Gasteiger partial charge in [-0.2, -0.15) is 0 Å². The molecule has 0 aliphatic rings. The average Bonchev–Trinajstić information content (AvgIpc) is 3.45. The van der Waals surface area contributed by atoms with E-state index in [0.29, 0.717) is 13.2 Å². The second-order valence-corrected chi connectivity index (χ2v) is 9.15. The molecular formula is C28H22N2O2S. The van der Waals surface area contributed by atoms with Crippen molar-refractivity contribution in [3.63, 3.8) is 0 Å². The zero-order chi connectivity index (χ0) is 22.2. The maximum absolute atomic E-state index is 6.11. The van der Waals surface area contributed by atoms with Crippen molar-refractivity contribution in [2.24, 2.45) is 0 Å². The van der Waals surface area contributed by atoms with Gasteiger partial charge in [0.2, 0.25) is 0 Å². The lowest BCUT2D eigenvalue weighted by molar-refractivity contribution is 0.186. The molecule has 0 atom stereocenters. The van der Waals surface area contributed by atoms with E-state index in [9.17, 15) is 0 Å². The fourth-order valence-electron chi connectivity index (χ4n) is 4.37. The van der Waals surface area contributed by atoms with Gasteiger partial charge >= 0.3 is 0 Å². The van der Waals surface area contributed by atoms with Gasteiger partial charge in [-0.1, -0.05) is 48.5 Å². The first-order valence-corrected chi connectivity index (χ1v) is 11.7. The molecular weight excluding hydrogens is 428 g/mol. The molecule has 0 bridgehead atoms. The van der Waals surface area contributed by atoms with E-state index in [2.05, 4.69) is 59.6 Å². The predicted molar refractivity (Wildman–Crippen MR) is 136 cm³/mol. The number of nitrogens with zero attached hydrogens (tertiary/aromatic N) is 1. The Morgan fingerprint density at radius 3 is 2.58 bits per heavy atom. The Kier molecular flexibility index (Phi) is 5.06. The van der Waals surface area contributed by atoms with Crippen LogP contribution in [-0.4, -0.2) is 17.1 Å². The lowest BCUT2D eigenvalue weighted by Crippen LogP contribution is -1.96. The molecule has 3 heterocycles. The van der Waals surface area contributed by atoms with Crippen molar-refractivity contribution >= 4 is 43.2 Å². The maximum Gasteiger partial charge on any atom is 0.120 e. The van der Waals surface area contributed by atoms with Crippen molar-refractivity contribution < 1.29 is 9.47 Å². The summed E-state index contributed by atoms with van der Waals surface area (Å²) in [7, 11) is 1.73. The molecule has 0 saturated carbocycles. The van der Waals surface area contributed by atoms with Crippen molar-refractivity contribution in [3.05, 3.63) is 96.2 Å². The van der Waals surface area contributed by atoms with Crippen LogP contribution in [0.4, 0.5) is 0 Å². The van der Waals surface area contributed by atoms with Crippen LogP contribution in [0, 0.1) is 0 Å². The highest BCUT2D eigenvalue weighted by Crippen LogP contribution is 2.39. The van der Waals surface area contributed by atoms with Crippen molar-refractivity contribution in [1.82, 2.24) is 9.97 Å². The van der Waals surface area contributed by atoms with Crippen LogP contribution >= 0.6 is 11.3 Å². The maximum atomic E-state index is 6.11. The number of hydrogen-bond donors (Lipinski definition) is 1. The molecule has 0 radical (unpaired) electrons. The van der Waals surface area contributed by atoms with Gasteiger partial charge in [-0.05, 0) is 41.3 Å². The SMILES string of the molecule is COCc1c(-c2cc3ccccc3s2)ncc2[nH]c3ccc(OCc4ccccc4)cc3c12. The van der Waals surface area contributed by atoms with E-state index in [1.54, 1.807) is 18.4 Å². The lowest BCUT2D eigenvalue weighted by Gasteiger charge is -2.09. The van der Waals surface area contributed by atoms with Gasteiger partial charge in [-0.25, -0.2) is 0 Å². The molecule has 6 aromatic rings. The first kappa shape index (κ1) is 20.0. The van der Waals surface area contributed by atoms with Crippen molar-refractivity contribution in [2.75, 3.05) is 7.11 Å². The molecule has 4 nitrogen and oxygen atoms in total. The molecule has 0 saturated heterocycles. The summed E-state index contributed by atoms with van der Waals surface area (Å²) < 4.78 is 13.0. The van der Waals surface area contributed by atoms with Gasteiger partial charge < -0.3 is 14.5 Å². The Balaban J connectivity index is 1.48. The molecule has 0 unspecified atom stereocenters. The van der Waals surface area contributed by atoms with E-state index in [4.69, 9.17) is 14.5 Å². The van der Waals surface area contributed by atoms with Crippen LogP contribution in [0.3, 0.4) is 0 Å². The van der Waals surface area contributed by atoms with E-state index in [1.165, 1.54) is 10.1 Å². The van der Waals surface area contributed by atoms with Crippen LogP contribution in [0.25, 0.3) is 42.5 Å². The molecule has 0 amide bonds. The van der Waals surface area contributed by atoms with Crippen LogP contribution in [0.15, 0.2) is 85.1 Å². The summed E-state index contributed by atoms with van der Waals surface area (Å²) in [6.07, 6.45) is 1.93. The Morgan fingerprint density at radius 1 is 0.879 bits per heavy atom. The first-order valence-electron chi connectivity index (χ1n) is 10.9. The third kappa shape index (κ3) is 3.65. The number of nitrogens with one attached hydrogen (secondary N) is 1. The molecule has 6 rings (SSSR count). The van der Waals surface area contributed by atoms with Crippen molar-refractivity contribution in [2.45, 2.75) is 13.2 Å². The van der Waals surface area contributed by atoms with E-state index in [-0.39, 0.29) is 0 Å². The van der Waals surface area contributed by atoms with Crippen LogP contribution in [0.1, 0.15) is 11.1 Å². The number of rotatable bonds is 6. The van der Waals surface area contributed by atoms with E-state index >= 15 is 0 Å². The zero-order valence-corrected chi connectivity index (χ0v) is 19.0. The molecule has 0 spiro atoms. The van der Waals surface area contributed by atoms with Crippen LogP contribution in [0.5, 0.6) is 5.75 Å². The average molecular weight is 451 g/mol. The smallest absolute Gasteiger partial charge is 0.120 e. The molecule has 162 valence electrons. The van der Waals surface area contributed by atoms with E-state index in [0.717, 1.165) is 49.3 Å². The summed E-state index contributed by atoms with van der Waals surface area (Å²) in [6, 6.07) is 27.1. The van der Waals surface area contributed by atoms with Gasteiger partial charge in [0.1, 0.15) is 12.4 Å². The quantitative estimate of drug-likeness (QED) is 0.289. The number of benzene rings is 3. The summed E-state index contributed by atoms with van der Waals surface area (Å²) in [6.45, 7) is 1.02. The van der Waals surface area contributed by atoms with E-state index in [1.807, 2.05) is 30.5 Å². The molecule has 33 heavy (non-hydrogen) atoms. The minimum Gasteiger partial charge on any atom is -0.489 e. The molecule has 3 aromatic carbocycles. The van der Waals surface area contributed by atoms with Gasteiger partial charge in [-0.3, -0.25) is 4.98 Å². The van der Waals surface area contributed by atoms with Crippen molar-refractivity contribution in [1.29, 1.82) is 0 Å². The number of hydrogen-bond acceptors (Lipinski definition) is 4. The standard InChI is InChI=1S/C28H22N2O2S/c1-31-17-22-27-21-14-20(32-16-18-7-3-2-4-8-18)11-12-23(21)30-24(27)15-29-28(22)26-13-19-9-5-6-10-25(19)33-26/h2-15,30H,16-17H2,1H3. The fraction of sp³-hybridized carbons (Fsp3) is 0.107. The summed E-state index contributed by atoms with van der Waals surface area (Å²) in [4.78, 5) is 9.51. The van der Waals surface area contributed by atoms with Gasteiger partial charge in [0.25, 0.3) is 0 Å². The second kappa shape index (κ2) is 8.35. The monoisotopic (exact) mass is 450 g/mol. The number of thiophene rings is 1. The fourth-order valence-corrected chi connectivity index (χ4v) is 5.45. The minimum atomic E-state index is 0.482. The van der Waals surface area contributed by atoms with Gasteiger partial charge in [-0.15, -0.1) is 11.3 Å². The van der Waals surface area contributed by atoms with Crippen LogP contribution in [-0.2, 0) is 18.0 Å². The zero-order valence-electron chi connectivity index (χ0n) is 18.2. The first-order chi connectivity index (χ1) is 16.3. The number of ether oxygens (including phenoxy) is 2. The predicted octanol–water partition coefficient (Wildman–Crippen LogP) is 7.32. The third-order valence-electron chi connectivity index (χ3n) is 5.91. The Morgan fingerprint density at radius 2 is 1.73 bits per heavy atom. The normalized spacial score (nSPS) is 11.5. The third-order valence-corrected chi connectivity index (χ3v) is 7.03. The summed E-state index contributed by atoms with van der Waals surface area (Å²) in [5.74, 6) is 0.843. The van der Waals surface area contributed by atoms with Gasteiger partial charge in [0.05, 0.1) is 28.9 Å². The molecule has 3 aromatic heterocycles. The molecule has 1 N–H and O–H groups in total. The number of pyridine rings is 1. The lowest BCUT2D eigenvalue weighted by atomic mass is 10.0. The number of H-pyrrole nitrogens is 1. The number of fused-ring (bicyclic) bond motifs is 4. The highest BCUT2D eigenvalue weighted by atomic mass is 32.1. The number of methoxy groups -OCH3 is 1. The molecule has 5 heteroatoms.